The van der Waals surface area contributed by atoms with Crippen molar-refractivity contribution in [1.82, 2.24) is 0 Å². The molecule has 0 atom stereocenters. The van der Waals surface area contributed by atoms with Crippen LogP contribution in [0, 0.1) is 0 Å². The van der Waals surface area contributed by atoms with Crippen molar-refractivity contribution in [3.63, 3.8) is 0 Å². The molecule has 4 N–H and O–H groups in total. The van der Waals surface area contributed by atoms with Gasteiger partial charge in [0.05, 0.1) is 0 Å². The van der Waals surface area contributed by atoms with Crippen LogP contribution in [-0.2, 0) is 20.0 Å². The first-order chi connectivity index (χ1) is 6.50. The van der Waals surface area contributed by atoms with Gasteiger partial charge in [-0.15, -0.1) is 0 Å². The summed E-state index contributed by atoms with van der Waals surface area (Å²) in [6, 6.07) is 0. The molecule has 0 rings (SSSR count). The number of nitrogens with two attached hydrogens (primary N) is 2. The molecule has 0 aliphatic rings. The first kappa shape index (κ1) is 22.4. The minimum Gasteiger partial charge on any atom is -1.00 e. The third kappa shape index (κ3) is 9.83. The van der Waals surface area contributed by atoms with E-state index < -0.39 is 31.1 Å². The number of primary sulfonamides is 2. The third-order valence-corrected chi connectivity index (χ3v) is 1.94. The minimum absolute atomic E-state index is 0. The number of hydrogen-bond acceptors (Lipinski definition) is 4. The van der Waals surface area contributed by atoms with Crippen LogP contribution in [0.2, 0.25) is 0 Å². The molecule has 0 radical (unpaired) electrons. The Bertz CT molecular complexity index is 389. The molecule has 17 heavy (non-hydrogen) atoms. The van der Waals surface area contributed by atoms with E-state index in [1.807, 2.05) is 0 Å². The van der Waals surface area contributed by atoms with Crippen molar-refractivity contribution in [3.05, 3.63) is 0 Å². The van der Waals surface area contributed by atoms with Gasteiger partial charge in [0.1, 0.15) is 0 Å². The average Bonchev–Trinajstić information content (AvgIpc) is 1.77. The molecule has 0 spiro atoms. The zero-order valence-corrected chi connectivity index (χ0v) is 10.6. The second-order valence-electron chi connectivity index (χ2n) is 1.98. The fourth-order valence-corrected chi connectivity index (χ4v) is 0. The van der Waals surface area contributed by atoms with Crippen molar-refractivity contribution in [3.8, 4) is 0 Å². The summed E-state index contributed by atoms with van der Waals surface area (Å²) in [5.41, 5.74) is -10.6. The molecule has 0 aromatic rings. The van der Waals surface area contributed by atoms with E-state index in [0.29, 0.717) is 0 Å². The van der Waals surface area contributed by atoms with E-state index in [0.717, 1.165) is 0 Å². The van der Waals surface area contributed by atoms with Crippen molar-refractivity contribution in [2.45, 2.75) is 11.0 Å². The molecule has 0 bridgehead atoms. The Hall–Kier alpha value is 0.166. The maximum atomic E-state index is 10.8. The van der Waals surface area contributed by atoms with Crippen LogP contribution in [0.3, 0.4) is 0 Å². The summed E-state index contributed by atoms with van der Waals surface area (Å²) in [5.74, 6) is 0. The largest absolute Gasteiger partial charge is 2.00 e. The van der Waals surface area contributed by atoms with Gasteiger partial charge >= 0.3 is 54.1 Å². The molecule has 0 aliphatic heterocycles. The standard InChI is InChI=1S/2CH2F3NO2S.Mg.2H/c2*2-1(3,4)8(5,6)7;;;/h2*(H2,5,6,7);;;/q;;+2;2*-1. The first-order valence-corrected chi connectivity index (χ1v) is 5.77. The summed E-state index contributed by atoms with van der Waals surface area (Å²) in [6.45, 7) is 0. The Morgan fingerprint density at radius 1 is 0.706 bits per heavy atom. The van der Waals surface area contributed by atoms with Crippen molar-refractivity contribution in [2.75, 3.05) is 0 Å². The summed E-state index contributed by atoms with van der Waals surface area (Å²) in [4.78, 5) is 0. The van der Waals surface area contributed by atoms with E-state index in [1.54, 1.807) is 0 Å². The third-order valence-electron chi connectivity index (χ3n) is 0.645. The molecule has 0 aromatic carbocycles. The first-order valence-electron chi connectivity index (χ1n) is 2.68. The maximum absolute atomic E-state index is 10.8. The molecular weight excluding hydrogens is 318 g/mol. The van der Waals surface area contributed by atoms with Gasteiger partial charge in [-0.1, -0.05) is 0 Å². The number of hydrogen-bond donors (Lipinski definition) is 2. The second-order valence-corrected chi connectivity index (χ2v) is 5.09. The van der Waals surface area contributed by atoms with E-state index in [-0.39, 0.29) is 25.9 Å². The summed E-state index contributed by atoms with van der Waals surface area (Å²) in [6.07, 6.45) is 0. The Kier molecular flexibility index (Phi) is 8.37. The van der Waals surface area contributed by atoms with E-state index >= 15 is 0 Å². The van der Waals surface area contributed by atoms with Crippen LogP contribution in [0.5, 0.6) is 0 Å². The summed E-state index contributed by atoms with van der Waals surface area (Å²) >= 11 is 0. The van der Waals surface area contributed by atoms with Crippen LogP contribution in [0.15, 0.2) is 0 Å². The fourth-order valence-electron chi connectivity index (χ4n) is 0. The number of halogens is 6. The van der Waals surface area contributed by atoms with Crippen LogP contribution in [-0.4, -0.2) is 50.9 Å². The predicted molar refractivity (Wildman–Crippen MR) is 46.3 cm³/mol. The molecule has 0 aromatic heterocycles. The molecule has 0 unspecified atom stereocenters. The van der Waals surface area contributed by atoms with Crippen LogP contribution in [0.25, 0.3) is 0 Å². The van der Waals surface area contributed by atoms with Crippen LogP contribution < -0.4 is 10.3 Å². The molecular formula is C2H6F6MgN2O4S2. The van der Waals surface area contributed by atoms with Crippen molar-refractivity contribution >= 4 is 43.1 Å². The van der Waals surface area contributed by atoms with Gasteiger partial charge in [-0.25, -0.2) is 27.1 Å². The Balaban J connectivity index is -0.0000000594. The van der Waals surface area contributed by atoms with Gasteiger partial charge in [0, 0.05) is 0 Å². The van der Waals surface area contributed by atoms with Crippen molar-refractivity contribution in [2.24, 2.45) is 10.3 Å². The molecule has 0 aliphatic carbocycles. The molecule has 0 saturated carbocycles. The molecule has 0 saturated heterocycles. The topological polar surface area (TPSA) is 120 Å². The van der Waals surface area contributed by atoms with Gasteiger partial charge in [-0.2, -0.15) is 26.3 Å². The van der Waals surface area contributed by atoms with Gasteiger partial charge in [0.2, 0.25) is 0 Å². The van der Waals surface area contributed by atoms with Crippen molar-refractivity contribution < 1.29 is 46.0 Å². The second kappa shape index (κ2) is 6.37. The Morgan fingerprint density at radius 2 is 0.765 bits per heavy atom. The molecule has 0 fully saturated rings. The Morgan fingerprint density at radius 3 is 0.765 bits per heavy atom. The Labute approximate surface area is 111 Å². The van der Waals surface area contributed by atoms with Gasteiger partial charge in [0.15, 0.2) is 0 Å². The van der Waals surface area contributed by atoms with Crippen molar-refractivity contribution in [1.29, 1.82) is 0 Å². The molecule has 0 heterocycles. The molecule has 6 nitrogen and oxygen atoms in total. The van der Waals surface area contributed by atoms with Crippen LogP contribution in [0.4, 0.5) is 26.3 Å². The van der Waals surface area contributed by atoms with Gasteiger partial charge in [-0.05, 0) is 0 Å². The van der Waals surface area contributed by atoms with Gasteiger partial charge in [-0.3, -0.25) is 0 Å². The van der Waals surface area contributed by atoms with E-state index in [2.05, 4.69) is 10.3 Å². The van der Waals surface area contributed by atoms with E-state index in [9.17, 15) is 43.2 Å². The number of sulfonamides is 2. The monoisotopic (exact) mass is 324 g/mol. The zero-order valence-electron chi connectivity index (χ0n) is 9.58. The summed E-state index contributed by atoms with van der Waals surface area (Å²) < 4.78 is 102. The number of alkyl halides is 6. The van der Waals surface area contributed by atoms with E-state index in [1.165, 1.54) is 0 Å². The average molecular weight is 325 g/mol. The smallest absolute Gasteiger partial charge is 1.00 e. The zero-order chi connectivity index (χ0) is 14.0. The molecule has 104 valence electrons. The minimum atomic E-state index is -5.34. The molecule has 0 amide bonds. The number of rotatable bonds is 0. The fraction of sp³-hybridized carbons (Fsp3) is 1.00. The SMILES string of the molecule is NS(=O)(=O)C(F)(F)F.NS(=O)(=O)C(F)(F)F.[H-].[H-].[Mg+2]. The van der Waals surface area contributed by atoms with Crippen LogP contribution in [0.1, 0.15) is 2.85 Å². The van der Waals surface area contributed by atoms with Gasteiger partial charge < -0.3 is 2.85 Å². The summed E-state index contributed by atoms with van der Waals surface area (Å²) in [5, 5.41) is 7.32. The van der Waals surface area contributed by atoms with Crippen LogP contribution >= 0.6 is 0 Å². The maximum Gasteiger partial charge on any atom is 2.00 e. The predicted octanol–water partition coefficient (Wildman–Crippen LogP) is -0.566. The summed E-state index contributed by atoms with van der Waals surface area (Å²) in [7, 11) is -10.7. The quantitative estimate of drug-likeness (QED) is 0.458. The van der Waals surface area contributed by atoms with Gasteiger partial charge in [0.25, 0.3) is 0 Å². The normalized spacial score (nSPS) is 13.2. The van der Waals surface area contributed by atoms with E-state index in [4.69, 9.17) is 0 Å². The molecule has 15 heteroatoms.